The van der Waals surface area contributed by atoms with Crippen LogP contribution in [-0.4, -0.2) is 34.5 Å². The molecule has 0 atom stereocenters. The summed E-state index contributed by atoms with van der Waals surface area (Å²) in [5.74, 6) is 0.394. The maximum Gasteiger partial charge on any atom is 0.273 e. The number of carbonyl (C=O) groups excluding carboxylic acids is 1. The predicted molar refractivity (Wildman–Crippen MR) is 102 cm³/mol. The van der Waals surface area contributed by atoms with Gasteiger partial charge in [0.2, 0.25) is 0 Å². The van der Waals surface area contributed by atoms with Gasteiger partial charge in [0.1, 0.15) is 11.5 Å². The number of carbonyl (C=O) groups is 1. The van der Waals surface area contributed by atoms with Crippen molar-refractivity contribution in [1.82, 2.24) is 14.5 Å². The van der Waals surface area contributed by atoms with Crippen molar-refractivity contribution < 1.29 is 4.79 Å². The minimum absolute atomic E-state index is 0.195. The van der Waals surface area contributed by atoms with Crippen LogP contribution in [-0.2, 0) is 0 Å². The highest BCUT2D eigenvalue weighted by Crippen LogP contribution is 2.30. The third kappa shape index (κ3) is 3.66. The fraction of sp³-hybridized carbons (Fsp3) is 0.111. The zero-order valence-electron chi connectivity index (χ0n) is 13.5. The fourth-order valence-corrected chi connectivity index (χ4v) is 3.00. The molecule has 3 aromatic rings. The van der Waals surface area contributed by atoms with Crippen molar-refractivity contribution in [2.45, 2.75) is 0 Å². The van der Waals surface area contributed by atoms with E-state index in [1.807, 2.05) is 12.1 Å². The smallest absolute Gasteiger partial charge is 0.273 e. The highest BCUT2D eigenvalue weighted by atomic mass is 35.5. The molecule has 0 radical (unpaired) electrons. The van der Waals surface area contributed by atoms with Crippen LogP contribution in [0.3, 0.4) is 0 Å². The minimum atomic E-state index is -0.195. The molecule has 3 rings (SSSR count). The number of nitrogens with zero attached hydrogens (tertiary/aromatic N) is 3. The van der Waals surface area contributed by atoms with E-state index in [1.54, 1.807) is 55.2 Å². The SMILES string of the molecule is CN(C)C(=O)c1cn(-c2ccc(Cl)cc2Cl)c(-c2ccc(Cl)cc2)n1. The second-order valence-corrected chi connectivity index (χ2v) is 6.90. The molecule has 0 unspecified atom stereocenters. The van der Waals surface area contributed by atoms with Gasteiger partial charge < -0.3 is 4.90 Å². The molecule has 1 aromatic heterocycles. The lowest BCUT2D eigenvalue weighted by Gasteiger charge is -2.10. The topological polar surface area (TPSA) is 38.1 Å². The molecule has 0 aliphatic carbocycles. The van der Waals surface area contributed by atoms with E-state index < -0.39 is 0 Å². The second-order valence-electron chi connectivity index (χ2n) is 5.62. The summed E-state index contributed by atoms with van der Waals surface area (Å²) in [7, 11) is 3.36. The van der Waals surface area contributed by atoms with Crippen molar-refractivity contribution in [3.8, 4) is 17.1 Å². The van der Waals surface area contributed by atoms with Crippen LogP contribution in [0.25, 0.3) is 17.1 Å². The molecule has 1 amide bonds. The van der Waals surface area contributed by atoms with E-state index in [0.29, 0.717) is 32.3 Å². The van der Waals surface area contributed by atoms with E-state index in [-0.39, 0.29) is 5.91 Å². The number of halogens is 3. The summed E-state index contributed by atoms with van der Waals surface area (Å²) in [4.78, 5) is 18.3. The van der Waals surface area contributed by atoms with E-state index in [1.165, 1.54) is 4.90 Å². The van der Waals surface area contributed by atoms with Crippen LogP contribution in [0.2, 0.25) is 15.1 Å². The van der Waals surface area contributed by atoms with Gasteiger partial charge in [-0.15, -0.1) is 0 Å². The molecule has 0 bridgehead atoms. The highest BCUT2D eigenvalue weighted by Gasteiger charge is 2.19. The molecule has 0 N–H and O–H groups in total. The minimum Gasteiger partial charge on any atom is -0.343 e. The highest BCUT2D eigenvalue weighted by molar-refractivity contribution is 6.35. The molecule has 128 valence electrons. The number of amides is 1. The van der Waals surface area contributed by atoms with Crippen molar-refractivity contribution in [3.63, 3.8) is 0 Å². The van der Waals surface area contributed by atoms with Crippen LogP contribution in [0, 0.1) is 0 Å². The van der Waals surface area contributed by atoms with Crippen molar-refractivity contribution >= 4 is 40.7 Å². The van der Waals surface area contributed by atoms with Gasteiger partial charge in [0.15, 0.2) is 0 Å². The number of imidazole rings is 1. The molecule has 2 aromatic carbocycles. The Hall–Kier alpha value is -2.01. The lowest BCUT2D eigenvalue weighted by Crippen LogP contribution is -2.21. The third-order valence-electron chi connectivity index (χ3n) is 3.60. The second kappa shape index (κ2) is 7.08. The van der Waals surface area contributed by atoms with Gasteiger partial charge in [0.25, 0.3) is 5.91 Å². The van der Waals surface area contributed by atoms with Crippen molar-refractivity contribution in [2.75, 3.05) is 14.1 Å². The lowest BCUT2D eigenvalue weighted by atomic mass is 10.2. The van der Waals surface area contributed by atoms with Gasteiger partial charge in [-0.3, -0.25) is 9.36 Å². The quantitative estimate of drug-likeness (QED) is 0.612. The van der Waals surface area contributed by atoms with Crippen molar-refractivity contribution in [1.29, 1.82) is 0 Å². The van der Waals surface area contributed by atoms with Crippen LogP contribution < -0.4 is 0 Å². The van der Waals surface area contributed by atoms with Crippen molar-refractivity contribution in [2.24, 2.45) is 0 Å². The molecule has 0 aliphatic rings. The first-order chi connectivity index (χ1) is 11.9. The number of hydrogen-bond acceptors (Lipinski definition) is 2. The summed E-state index contributed by atoms with van der Waals surface area (Å²) in [6, 6.07) is 12.4. The number of aromatic nitrogens is 2. The number of hydrogen-bond donors (Lipinski definition) is 0. The van der Waals surface area contributed by atoms with E-state index in [4.69, 9.17) is 34.8 Å². The van der Waals surface area contributed by atoms with E-state index in [2.05, 4.69) is 4.98 Å². The zero-order chi connectivity index (χ0) is 18.1. The Morgan fingerprint density at radius 2 is 1.64 bits per heavy atom. The molecular formula is C18H14Cl3N3O. The Morgan fingerprint density at radius 3 is 2.24 bits per heavy atom. The summed E-state index contributed by atoms with van der Waals surface area (Å²) in [6.45, 7) is 0. The maximum atomic E-state index is 12.3. The van der Waals surface area contributed by atoms with Crippen LogP contribution in [0.5, 0.6) is 0 Å². The molecule has 7 heteroatoms. The van der Waals surface area contributed by atoms with E-state index in [9.17, 15) is 4.79 Å². The average Bonchev–Trinajstić information content (AvgIpc) is 2.99. The largest absolute Gasteiger partial charge is 0.343 e. The number of benzene rings is 2. The Balaban J connectivity index is 2.21. The first-order valence-electron chi connectivity index (χ1n) is 7.39. The molecule has 0 fully saturated rings. The summed E-state index contributed by atoms with van der Waals surface area (Å²) >= 11 is 18.3. The normalized spacial score (nSPS) is 10.8. The molecule has 1 heterocycles. The van der Waals surface area contributed by atoms with Crippen LogP contribution >= 0.6 is 34.8 Å². The predicted octanol–water partition coefficient (Wildman–Crippen LogP) is 5.20. The van der Waals surface area contributed by atoms with Gasteiger partial charge in [0, 0.05) is 35.9 Å². The molecule has 25 heavy (non-hydrogen) atoms. The van der Waals surface area contributed by atoms with Gasteiger partial charge >= 0.3 is 0 Å². The third-order valence-corrected chi connectivity index (χ3v) is 4.39. The summed E-state index contributed by atoms with van der Waals surface area (Å²) in [5, 5.41) is 1.62. The van der Waals surface area contributed by atoms with Crippen molar-refractivity contribution in [3.05, 3.63) is 69.4 Å². The van der Waals surface area contributed by atoms with Gasteiger partial charge in [-0.1, -0.05) is 34.8 Å². The maximum absolute atomic E-state index is 12.3. The van der Waals surface area contributed by atoms with Crippen LogP contribution in [0.4, 0.5) is 0 Å². The Bertz CT molecular complexity index is 933. The van der Waals surface area contributed by atoms with Gasteiger partial charge in [-0.05, 0) is 42.5 Å². The first kappa shape index (κ1) is 17.8. The standard InChI is InChI=1S/C18H14Cl3N3O/c1-23(2)18(25)15-10-24(16-8-7-13(20)9-14(16)21)17(22-15)11-3-5-12(19)6-4-11/h3-10H,1-2H3. The molecular weight excluding hydrogens is 381 g/mol. The summed E-state index contributed by atoms with van der Waals surface area (Å²) in [5.41, 5.74) is 1.82. The Morgan fingerprint density at radius 1 is 1.00 bits per heavy atom. The molecule has 0 saturated heterocycles. The molecule has 0 spiro atoms. The Labute approximate surface area is 160 Å². The first-order valence-corrected chi connectivity index (χ1v) is 8.52. The van der Waals surface area contributed by atoms with E-state index >= 15 is 0 Å². The van der Waals surface area contributed by atoms with Gasteiger partial charge in [-0.25, -0.2) is 4.98 Å². The van der Waals surface area contributed by atoms with Gasteiger partial charge in [0.05, 0.1) is 10.7 Å². The number of rotatable bonds is 3. The molecule has 4 nitrogen and oxygen atoms in total. The van der Waals surface area contributed by atoms with Gasteiger partial charge in [-0.2, -0.15) is 0 Å². The van der Waals surface area contributed by atoms with Crippen LogP contribution in [0.15, 0.2) is 48.7 Å². The monoisotopic (exact) mass is 393 g/mol. The lowest BCUT2D eigenvalue weighted by molar-refractivity contribution is 0.0822. The van der Waals surface area contributed by atoms with Crippen LogP contribution in [0.1, 0.15) is 10.5 Å². The summed E-state index contributed by atoms with van der Waals surface area (Å²) in [6.07, 6.45) is 1.67. The summed E-state index contributed by atoms with van der Waals surface area (Å²) < 4.78 is 1.78. The average molecular weight is 395 g/mol. The molecule has 0 saturated carbocycles. The molecule has 0 aliphatic heterocycles. The zero-order valence-corrected chi connectivity index (χ0v) is 15.8. The fourth-order valence-electron chi connectivity index (χ4n) is 2.38. The van der Waals surface area contributed by atoms with E-state index in [0.717, 1.165) is 5.56 Å². The Kier molecular flexibility index (Phi) is 5.04.